The van der Waals surface area contributed by atoms with E-state index in [-0.39, 0.29) is 5.91 Å². The Bertz CT molecular complexity index is 917. The van der Waals surface area contributed by atoms with Crippen molar-refractivity contribution >= 4 is 17.5 Å². The second kappa shape index (κ2) is 7.48. The summed E-state index contributed by atoms with van der Waals surface area (Å²) in [5.74, 6) is 0.0400. The summed E-state index contributed by atoms with van der Waals surface area (Å²) < 4.78 is 1.65. The molecule has 1 fully saturated rings. The van der Waals surface area contributed by atoms with Crippen LogP contribution in [0.2, 0.25) is 5.02 Å². The van der Waals surface area contributed by atoms with Gasteiger partial charge in [0.2, 0.25) is 5.91 Å². The molecule has 2 aromatic heterocycles. The minimum Gasteiger partial charge on any atom is -0.350 e. The maximum Gasteiger partial charge on any atom is 0.230 e. The fraction of sp³-hybridized carbons (Fsp3) is 0.300. The molecular weight excluding hydrogens is 362 g/mol. The van der Waals surface area contributed by atoms with Gasteiger partial charge in [-0.15, -0.1) is 5.10 Å². The molecule has 7 heteroatoms. The number of hydrogen-bond acceptors (Lipinski definition) is 4. The lowest BCUT2D eigenvalue weighted by Crippen LogP contribution is -2.42. The summed E-state index contributed by atoms with van der Waals surface area (Å²) in [5, 5.41) is 12.0. The number of rotatable bonds is 5. The fourth-order valence-corrected chi connectivity index (χ4v) is 3.86. The predicted octanol–water partition coefficient (Wildman–Crippen LogP) is 3.44. The van der Waals surface area contributed by atoms with E-state index in [1.165, 1.54) is 0 Å². The Balaban J connectivity index is 1.48. The van der Waals surface area contributed by atoms with Crippen LogP contribution in [-0.2, 0) is 16.8 Å². The molecular formula is C20H20ClN5O. The molecule has 0 unspecified atom stereocenters. The van der Waals surface area contributed by atoms with Crippen LogP contribution >= 0.6 is 11.6 Å². The molecule has 1 saturated carbocycles. The molecule has 27 heavy (non-hydrogen) atoms. The Morgan fingerprint density at radius 1 is 1.19 bits per heavy atom. The van der Waals surface area contributed by atoms with E-state index < -0.39 is 5.41 Å². The number of hydrogen-bond donors (Lipinski definition) is 1. The van der Waals surface area contributed by atoms with Crippen LogP contribution in [-0.4, -0.2) is 25.9 Å². The van der Waals surface area contributed by atoms with Gasteiger partial charge < -0.3 is 5.32 Å². The summed E-state index contributed by atoms with van der Waals surface area (Å²) in [4.78, 5) is 17.2. The Morgan fingerprint density at radius 3 is 2.67 bits per heavy atom. The van der Waals surface area contributed by atoms with Gasteiger partial charge in [-0.05, 0) is 42.7 Å². The monoisotopic (exact) mass is 381 g/mol. The van der Waals surface area contributed by atoms with Crippen molar-refractivity contribution in [2.75, 3.05) is 0 Å². The van der Waals surface area contributed by atoms with Crippen LogP contribution in [0.1, 0.15) is 36.9 Å². The van der Waals surface area contributed by atoms with Crippen molar-refractivity contribution < 1.29 is 4.79 Å². The van der Waals surface area contributed by atoms with E-state index in [0.29, 0.717) is 17.3 Å². The Labute approximate surface area is 162 Å². The summed E-state index contributed by atoms with van der Waals surface area (Å²) in [6.07, 6.45) is 9.03. The van der Waals surface area contributed by atoms with Gasteiger partial charge in [0.25, 0.3) is 0 Å². The highest BCUT2D eigenvalue weighted by molar-refractivity contribution is 6.30. The Kier molecular flexibility index (Phi) is 4.90. The third-order valence-electron chi connectivity index (χ3n) is 5.17. The number of nitrogens with zero attached hydrogens (tertiary/aromatic N) is 4. The van der Waals surface area contributed by atoms with Gasteiger partial charge in [0.1, 0.15) is 5.69 Å². The van der Waals surface area contributed by atoms with Crippen LogP contribution in [0.15, 0.2) is 55.0 Å². The summed E-state index contributed by atoms with van der Waals surface area (Å²) in [6, 6.07) is 11.4. The molecule has 0 radical (unpaired) electrons. The first kappa shape index (κ1) is 17.7. The highest BCUT2D eigenvalue weighted by Crippen LogP contribution is 2.41. The molecule has 1 aliphatic carbocycles. The van der Waals surface area contributed by atoms with Gasteiger partial charge in [-0.1, -0.05) is 41.8 Å². The van der Waals surface area contributed by atoms with E-state index >= 15 is 0 Å². The maximum absolute atomic E-state index is 13.1. The first-order valence-electron chi connectivity index (χ1n) is 9.03. The van der Waals surface area contributed by atoms with Gasteiger partial charge in [-0.2, -0.15) is 0 Å². The molecule has 138 valence electrons. The highest BCUT2D eigenvalue weighted by Gasteiger charge is 2.42. The molecule has 0 aliphatic heterocycles. The van der Waals surface area contributed by atoms with Gasteiger partial charge in [0, 0.05) is 11.2 Å². The summed E-state index contributed by atoms with van der Waals surface area (Å²) in [7, 11) is 0. The van der Waals surface area contributed by atoms with Gasteiger partial charge >= 0.3 is 0 Å². The SMILES string of the molecule is O=C(NCc1cn(-c2cccnc2)nn1)C1(c2ccc(Cl)cc2)CCCC1. The molecule has 1 amide bonds. The predicted molar refractivity (Wildman–Crippen MR) is 103 cm³/mol. The summed E-state index contributed by atoms with van der Waals surface area (Å²) in [5.41, 5.74) is 2.08. The molecule has 3 aromatic rings. The van der Waals surface area contributed by atoms with E-state index in [9.17, 15) is 4.79 Å². The van der Waals surface area contributed by atoms with Crippen LogP contribution in [0, 0.1) is 0 Å². The second-order valence-corrected chi connectivity index (χ2v) is 7.28. The molecule has 0 bridgehead atoms. The molecule has 4 rings (SSSR count). The average Bonchev–Trinajstić information content (AvgIpc) is 3.38. The zero-order chi connectivity index (χ0) is 18.7. The number of halogens is 1. The standard InChI is InChI=1S/C20H20ClN5O/c21-16-7-5-15(6-8-16)20(9-1-2-10-20)19(27)23-12-17-14-26(25-24-17)18-4-3-11-22-13-18/h3-8,11,13-14H,1-2,9-10,12H2,(H,23,27). The quantitative estimate of drug-likeness (QED) is 0.734. The van der Waals surface area contributed by atoms with E-state index in [1.807, 2.05) is 36.4 Å². The summed E-state index contributed by atoms with van der Waals surface area (Å²) in [6.45, 7) is 0.342. The van der Waals surface area contributed by atoms with Crippen molar-refractivity contribution in [2.24, 2.45) is 0 Å². The number of nitrogens with one attached hydrogen (secondary N) is 1. The highest BCUT2D eigenvalue weighted by atomic mass is 35.5. The number of benzene rings is 1. The minimum absolute atomic E-state index is 0.0400. The minimum atomic E-state index is -0.482. The van der Waals surface area contributed by atoms with Crippen molar-refractivity contribution in [3.05, 3.63) is 71.3 Å². The first-order valence-corrected chi connectivity index (χ1v) is 9.41. The van der Waals surface area contributed by atoms with Crippen molar-refractivity contribution in [2.45, 2.75) is 37.6 Å². The lowest BCUT2D eigenvalue weighted by atomic mass is 9.78. The van der Waals surface area contributed by atoms with Gasteiger partial charge in [-0.3, -0.25) is 9.78 Å². The van der Waals surface area contributed by atoms with Crippen molar-refractivity contribution in [1.29, 1.82) is 0 Å². The fourth-order valence-electron chi connectivity index (χ4n) is 3.73. The zero-order valence-corrected chi connectivity index (χ0v) is 15.6. The lowest BCUT2D eigenvalue weighted by Gasteiger charge is -2.28. The van der Waals surface area contributed by atoms with Crippen LogP contribution in [0.4, 0.5) is 0 Å². The van der Waals surface area contributed by atoms with E-state index in [2.05, 4.69) is 20.6 Å². The van der Waals surface area contributed by atoms with Crippen molar-refractivity contribution in [3.63, 3.8) is 0 Å². The largest absolute Gasteiger partial charge is 0.350 e. The van der Waals surface area contributed by atoms with Crippen molar-refractivity contribution in [1.82, 2.24) is 25.3 Å². The number of aromatic nitrogens is 4. The van der Waals surface area contributed by atoms with Crippen LogP contribution in [0.5, 0.6) is 0 Å². The number of carbonyl (C=O) groups excluding carboxylic acids is 1. The molecule has 1 aliphatic rings. The maximum atomic E-state index is 13.1. The molecule has 2 heterocycles. The second-order valence-electron chi connectivity index (χ2n) is 6.84. The Morgan fingerprint density at radius 2 is 1.96 bits per heavy atom. The molecule has 0 atom stereocenters. The van der Waals surface area contributed by atoms with Gasteiger partial charge in [-0.25, -0.2) is 4.68 Å². The van der Waals surface area contributed by atoms with E-state index in [0.717, 1.165) is 36.9 Å². The third kappa shape index (κ3) is 3.57. The smallest absolute Gasteiger partial charge is 0.230 e. The molecule has 6 nitrogen and oxygen atoms in total. The number of carbonyl (C=O) groups is 1. The van der Waals surface area contributed by atoms with Gasteiger partial charge in [0.05, 0.1) is 30.0 Å². The molecule has 1 N–H and O–H groups in total. The van der Waals surface area contributed by atoms with Crippen LogP contribution in [0.25, 0.3) is 5.69 Å². The molecule has 0 saturated heterocycles. The Hall–Kier alpha value is -2.73. The topological polar surface area (TPSA) is 72.7 Å². The van der Waals surface area contributed by atoms with Crippen LogP contribution < -0.4 is 5.32 Å². The number of amides is 1. The van der Waals surface area contributed by atoms with Crippen molar-refractivity contribution in [3.8, 4) is 5.69 Å². The average molecular weight is 382 g/mol. The number of pyridine rings is 1. The normalized spacial score (nSPS) is 15.6. The van der Waals surface area contributed by atoms with Crippen LogP contribution in [0.3, 0.4) is 0 Å². The first-order chi connectivity index (χ1) is 13.2. The third-order valence-corrected chi connectivity index (χ3v) is 5.42. The molecule has 1 aromatic carbocycles. The van der Waals surface area contributed by atoms with Gasteiger partial charge in [0.15, 0.2) is 0 Å². The van der Waals surface area contributed by atoms with E-state index in [4.69, 9.17) is 11.6 Å². The summed E-state index contributed by atoms with van der Waals surface area (Å²) >= 11 is 6.01. The lowest BCUT2D eigenvalue weighted by molar-refractivity contribution is -0.126. The molecule has 0 spiro atoms. The van der Waals surface area contributed by atoms with E-state index in [1.54, 1.807) is 23.3 Å². The zero-order valence-electron chi connectivity index (χ0n) is 14.8.